The lowest BCUT2D eigenvalue weighted by Gasteiger charge is -2.25. The van der Waals surface area contributed by atoms with Gasteiger partial charge in [-0.15, -0.1) is 0 Å². The van der Waals surface area contributed by atoms with Crippen molar-refractivity contribution >= 4 is 28.2 Å². The van der Waals surface area contributed by atoms with Gasteiger partial charge in [0, 0.05) is 12.6 Å². The molecule has 112 valence electrons. The van der Waals surface area contributed by atoms with Crippen LogP contribution in [-0.4, -0.2) is 34.7 Å². The maximum Gasteiger partial charge on any atom is 0.265 e. The highest BCUT2D eigenvalue weighted by Crippen LogP contribution is 2.29. The second-order valence-electron chi connectivity index (χ2n) is 5.11. The van der Waals surface area contributed by atoms with E-state index in [1.807, 2.05) is 6.92 Å². The average Bonchev–Trinajstić information content (AvgIpc) is 2.74. The van der Waals surface area contributed by atoms with Crippen molar-refractivity contribution < 1.29 is 9.90 Å². The zero-order valence-corrected chi connectivity index (χ0v) is 12.5. The molecule has 0 spiro atoms. The first-order chi connectivity index (χ1) is 9.60. The summed E-state index contributed by atoms with van der Waals surface area (Å²) in [6.07, 6.45) is 4.41. The summed E-state index contributed by atoms with van der Waals surface area (Å²) in [5.41, 5.74) is 5.78. The number of hydrogen-bond donors (Lipinski definition) is 4. The summed E-state index contributed by atoms with van der Waals surface area (Å²) < 4.78 is 0. The number of anilines is 2. The monoisotopic (exact) mass is 298 g/mol. The zero-order chi connectivity index (χ0) is 14.5. The van der Waals surface area contributed by atoms with Gasteiger partial charge in [0.1, 0.15) is 10.7 Å². The Kier molecular flexibility index (Phi) is 5.19. The Morgan fingerprint density at radius 2 is 2.35 bits per heavy atom. The first-order valence-corrected chi connectivity index (χ1v) is 7.91. The van der Waals surface area contributed by atoms with Crippen molar-refractivity contribution in [3.05, 3.63) is 4.88 Å². The van der Waals surface area contributed by atoms with Crippen molar-refractivity contribution in [1.82, 2.24) is 10.3 Å². The number of carbonyl (C=O) groups is 1. The van der Waals surface area contributed by atoms with E-state index in [2.05, 4.69) is 15.6 Å². The average molecular weight is 298 g/mol. The molecule has 0 aromatic carbocycles. The number of thiazole rings is 1. The number of rotatable bonds is 7. The Bertz CT molecular complexity index is 459. The predicted octanol–water partition coefficient (Wildman–Crippen LogP) is 1.58. The molecule has 20 heavy (non-hydrogen) atoms. The first-order valence-electron chi connectivity index (χ1n) is 7.09. The number of aromatic nitrogens is 1. The van der Waals surface area contributed by atoms with Gasteiger partial charge < -0.3 is 21.5 Å². The van der Waals surface area contributed by atoms with Crippen molar-refractivity contribution in [3.8, 4) is 0 Å². The number of nitrogen functional groups attached to an aromatic ring is 1. The fourth-order valence-electron chi connectivity index (χ4n) is 1.92. The lowest BCUT2D eigenvalue weighted by Crippen LogP contribution is -2.27. The van der Waals surface area contributed by atoms with Gasteiger partial charge in [0.15, 0.2) is 5.13 Å². The highest BCUT2D eigenvalue weighted by Gasteiger charge is 2.21. The van der Waals surface area contributed by atoms with Gasteiger partial charge in [0.05, 0.1) is 6.10 Å². The highest BCUT2D eigenvalue weighted by molar-refractivity contribution is 7.18. The molecule has 1 heterocycles. The molecule has 1 saturated carbocycles. The van der Waals surface area contributed by atoms with Crippen LogP contribution in [0.5, 0.6) is 0 Å². The summed E-state index contributed by atoms with van der Waals surface area (Å²) in [6.45, 7) is 2.35. The summed E-state index contributed by atoms with van der Waals surface area (Å²) in [5, 5.41) is 16.2. The predicted molar refractivity (Wildman–Crippen MR) is 81.0 cm³/mol. The third kappa shape index (κ3) is 3.83. The standard InChI is InChI=1S/C13H22N4O2S/c1-2-9(18)6-7-15-12(19)10-11(14)17-13(20-10)16-8-4-3-5-8/h8-9,18H,2-7,14H2,1H3,(H,15,19)(H,16,17). The maximum absolute atomic E-state index is 12.0. The van der Waals surface area contributed by atoms with E-state index in [0.29, 0.717) is 35.4 Å². The molecule has 0 bridgehead atoms. The largest absolute Gasteiger partial charge is 0.393 e. The molecule has 1 fully saturated rings. The van der Waals surface area contributed by atoms with E-state index in [1.54, 1.807) is 0 Å². The van der Waals surface area contributed by atoms with Gasteiger partial charge in [0.2, 0.25) is 0 Å². The minimum absolute atomic E-state index is 0.218. The molecule has 1 amide bonds. The lowest BCUT2D eigenvalue weighted by molar-refractivity contribution is 0.0946. The molecule has 0 saturated heterocycles. The van der Waals surface area contributed by atoms with E-state index in [1.165, 1.54) is 17.8 Å². The minimum atomic E-state index is -0.370. The van der Waals surface area contributed by atoms with E-state index >= 15 is 0 Å². The number of aliphatic hydroxyl groups excluding tert-OH is 1. The number of carbonyl (C=O) groups excluding carboxylic acids is 1. The highest BCUT2D eigenvalue weighted by atomic mass is 32.1. The van der Waals surface area contributed by atoms with Crippen LogP contribution in [0.4, 0.5) is 10.9 Å². The SMILES string of the molecule is CCC(O)CCNC(=O)c1sc(NC2CCC2)nc1N. The Morgan fingerprint density at radius 1 is 1.60 bits per heavy atom. The van der Waals surface area contributed by atoms with Crippen LogP contribution in [0.25, 0.3) is 0 Å². The van der Waals surface area contributed by atoms with Crippen molar-refractivity contribution in [2.75, 3.05) is 17.6 Å². The molecule has 2 rings (SSSR count). The summed E-state index contributed by atoms with van der Waals surface area (Å²) >= 11 is 1.29. The quantitative estimate of drug-likeness (QED) is 0.612. The van der Waals surface area contributed by atoms with Crippen molar-refractivity contribution in [1.29, 1.82) is 0 Å². The molecule has 1 aromatic rings. The van der Waals surface area contributed by atoms with Crippen LogP contribution < -0.4 is 16.4 Å². The molecule has 7 heteroatoms. The van der Waals surface area contributed by atoms with Crippen LogP contribution in [0.15, 0.2) is 0 Å². The summed E-state index contributed by atoms with van der Waals surface area (Å²) in [4.78, 5) is 16.6. The fourth-order valence-corrected chi connectivity index (χ4v) is 2.80. The zero-order valence-electron chi connectivity index (χ0n) is 11.7. The van der Waals surface area contributed by atoms with Gasteiger partial charge in [-0.25, -0.2) is 4.98 Å². The van der Waals surface area contributed by atoms with Crippen molar-refractivity contribution in [2.45, 2.75) is 51.2 Å². The van der Waals surface area contributed by atoms with Crippen molar-refractivity contribution in [2.24, 2.45) is 0 Å². The molecule has 6 nitrogen and oxygen atoms in total. The Morgan fingerprint density at radius 3 is 2.95 bits per heavy atom. The van der Waals surface area contributed by atoms with E-state index in [9.17, 15) is 9.90 Å². The van der Waals surface area contributed by atoms with E-state index < -0.39 is 0 Å². The maximum atomic E-state index is 12.0. The number of hydrogen-bond acceptors (Lipinski definition) is 6. The number of nitrogens with zero attached hydrogens (tertiary/aromatic N) is 1. The molecule has 5 N–H and O–H groups in total. The molecule has 1 aromatic heterocycles. The Hall–Kier alpha value is -1.34. The molecule has 1 unspecified atom stereocenters. The number of nitrogens with two attached hydrogens (primary N) is 1. The number of amides is 1. The molecular formula is C13H22N4O2S. The number of nitrogens with one attached hydrogen (secondary N) is 2. The second-order valence-corrected chi connectivity index (χ2v) is 6.11. The van der Waals surface area contributed by atoms with Crippen LogP contribution in [0.1, 0.15) is 48.7 Å². The second kappa shape index (κ2) is 6.90. The van der Waals surface area contributed by atoms with E-state index in [0.717, 1.165) is 12.8 Å². The molecular weight excluding hydrogens is 276 g/mol. The molecule has 1 aliphatic rings. The van der Waals surface area contributed by atoms with Gasteiger partial charge in [-0.05, 0) is 32.1 Å². The van der Waals surface area contributed by atoms with E-state index in [-0.39, 0.29) is 17.8 Å². The normalized spacial score (nSPS) is 16.5. The van der Waals surface area contributed by atoms with Crippen LogP contribution in [0.2, 0.25) is 0 Å². The van der Waals surface area contributed by atoms with Crippen LogP contribution in [0.3, 0.4) is 0 Å². The molecule has 0 radical (unpaired) electrons. The van der Waals surface area contributed by atoms with Gasteiger partial charge >= 0.3 is 0 Å². The lowest BCUT2D eigenvalue weighted by atomic mass is 9.93. The minimum Gasteiger partial charge on any atom is -0.393 e. The topological polar surface area (TPSA) is 100 Å². The Balaban J connectivity index is 1.85. The molecule has 1 aliphatic carbocycles. The third-order valence-electron chi connectivity index (χ3n) is 3.53. The number of aliphatic hydroxyl groups is 1. The fraction of sp³-hybridized carbons (Fsp3) is 0.692. The van der Waals surface area contributed by atoms with Gasteiger partial charge in [-0.1, -0.05) is 18.3 Å². The molecule has 1 atom stereocenters. The van der Waals surface area contributed by atoms with Crippen molar-refractivity contribution in [3.63, 3.8) is 0 Å². The van der Waals surface area contributed by atoms with Gasteiger partial charge in [-0.2, -0.15) is 0 Å². The van der Waals surface area contributed by atoms with Crippen LogP contribution in [0, 0.1) is 0 Å². The Labute approximate surface area is 122 Å². The summed E-state index contributed by atoms with van der Waals surface area (Å²) in [7, 11) is 0. The van der Waals surface area contributed by atoms with Gasteiger partial charge in [-0.3, -0.25) is 4.79 Å². The summed E-state index contributed by atoms with van der Waals surface area (Å²) in [6, 6.07) is 0.469. The van der Waals surface area contributed by atoms with Crippen LogP contribution in [-0.2, 0) is 0 Å². The third-order valence-corrected chi connectivity index (χ3v) is 4.53. The molecule has 0 aliphatic heterocycles. The van der Waals surface area contributed by atoms with Crippen LogP contribution >= 0.6 is 11.3 Å². The van der Waals surface area contributed by atoms with Gasteiger partial charge in [0.25, 0.3) is 5.91 Å². The van der Waals surface area contributed by atoms with E-state index in [4.69, 9.17) is 5.73 Å². The first kappa shape index (κ1) is 15.1. The summed E-state index contributed by atoms with van der Waals surface area (Å²) in [5.74, 6) is 0.0512. The smallest absolute Gasteiger partial charge is 0.265 e.